The number of methoxy groups -OCH3 is 1. The average molecular weight is 195 g/mol. The minimum absolute atomic E-state index is 0.133. The Bertz CT molecular complexity index is 389. The summed E-state index contributed by atoms with van der Waals surface area (Å²) in [4.78, 5) is 10.9. The predicted molar refractivity (Wildman–Crippen MR) is 47.6 cm³/mol. The van der Waals surface area contributed by atoms with Gasteiger partial charge in [0.15, 0.2) is 11.5 Å². The molecule has 0 bridgehead atoms. The van der Waals surface area contributed by atoms with E-state index >= 15 is 0 Å². The van der Waals surface area contributed by atoms with Crippen LogP contribution in [-0.4, -0.2) is 19.8 Å². The first-order chi connectivity index (χ1) is 6.72. The van der Waals surface area contributed by atoms with Crippen molar-refractivity contribution in [3.63, 3.8) is 0 Å². The van der Waals surface area contributed by atoms with E-state index in [0.717, 1.165) is 0 Å². The summed E-state index contributed by atoms with van der Waals surface area (Å²) >= 11 is 0. The first-order valence-corrected chi connectivity index (χ1v) is 4.00. The molecule has 2 rings (SSSR count). The number of rotatable bonds is 2. The molecule has 1 heterocycles. The second kappa shape index (κ2) is 3.10. The Morgan fingerprint density at radius 2 is 2.29 bits per heavy atom. The van der Waals surface area contributed by atoms with Crippen molar-refractivity contribution in [2.24, 2.45) is 5.73 Å². The van der Waals surface area contributed by atoms with Gasteiger partial charge in [-0.25, -0.2) is 0 Å². The summed E-state index contributed by atoms with van der Waals surface area (Å²) in [6.45, 7) is 0.133. The van der Waals surface area contributed by atoms with E-state index in [1.165, 1.54) is 19.2 Å². The van der Waals surface area contributed by atoms with Gasteiger partial charge in [-0.3, -0.25) is 4.79 Å². The quantitative estimate of drug-likeness (QED) is 0.746. The van der Waals surface area contributed by atoms with E-state index in [4.69, 9.17) is 19.9 Å². The maximum absolute atomic E-state index is 10.9. The number of hydrogen-bond donors (Lipinski definition) is 1. The van der Waals surface area contributed by atoms with Crippen molar-refractivity contribution in [2.45, 2.75) is 0 Å². The molecule has 0 saturated carbocycles. The molecule has 0 atom stereocenters. The Labute approximate surface area is 80.4 Å². The first kappa shape index (κ1) is 8.68. The van der Waals surface area contributed by atoms with Gasteiger partial charge >= 0.3 is 0 Å². The lowest BCUT2D eigenvalue weighted by Gasteiger charge is -2.05. The molecule has 5 nitrogen and oxygen atoms in total. The summed E-state index contributed by atoms with van der Waals surface area (Å²) in [5.41, 5.74) is 5.48. The van der Waals surface area contributed by atoms with Gasteiger partial charge in [-0.2, -0.15) is 0 Å². The van der Waals surface area contributed by atoms with E-state index in [9.17, 15) is 4.79 Å². The zero-order valence-electron chi connectivity index (χ0n) is 7.57. The summed E-state index contributed by atoms with van der Waals surface area (Å²) in [7, 11) is 1.49. The molecular formula is C9H9NO4. The van der Waals surface area contributed by atoms with Crippen LogP contribution >= 0.6 is 0 Å². The van der Waals surface area contributed by atoms with Crippen molar-refractivity contribution in [1.29, 1.82) is 0 Å². The number of primary amides is 1. The van der Waals surface area contributed by atoms with E-state index < -0.39 is 5.91 Å². The summed E-state index contributed by atoms with van der Waals surface area (Å²) < 4.78 is 15.3. The molecule has 1 amide bonds. The molecule has 0 spiro atoms. The number of benzene rings is 1. The van der Waals surface area contributed by atoms with Gasteiger partial charge in [0.05, 0.1) is 7.11 Å². The van der Waals surface area contributed by atoms with Crippen molar-refractivity contribution >= 4 is 5.91 Å². The summed E-state index contributed by atoms with van der Waals surface area (Å²) in [5.74, 6) is 0.922. The van der Waals surface area contributed by atoms with E-state index in [2.05, 4.69) is 0 Å². The monoisotopic (exact) mass is 195 g/mol. The highest BCUT2D eigenvalue weighted by atomic mass is 16.7. The standard InChI is InChI=1S/C9H9NO4/c1-12-6-2-5(9(10)11)3-7-8(6)14-4-13-7/h2-3H,4H2,1H3,(H2,10,11). The number of amides is 1. The smallest absolute Gasteiger partial charge is 0.248 e. The molecule has 1 aliphatic heterocycles. The third kappa shape index (κ3) is 1.22. The van der Waals surface area contributed by atoms with Gasteiger partial charge in [0.2, 0.25) is 18.4 Å². The molecule has 5 heteroatoms. The van der Waals surface area contributed by atoms with E-state index in [1.54, 1.807) is 0 Å². The first-order valence-electron chi connectivity index (χ1n) is 4.00. The normalized spacial score (nSPS) is 12.6. The van der Waals surface area contributed by atoms with Gasteiger partial charge < -0.3 is 19.9 Å². The summed E-state index contributed by atoms with van der Waals surface area (Å²) in [6, 6.07) is 3.06. The van der Waals surface area contributed by atoms with E-state index in [1.807, 2.05) is 0 Å². The molecule has 0 fully saturated rings. The highest BCUT2D eigenvalue weighted by molar-refractivity contribution is 5.94. The van der Waals surface area contributed by atoms with Crippen LogP contribution in [0.5, 0.6) is 17.2 Å². The van der Waals surface area contributed by atoms with Crippen LogP contribution in [-0.2, 0) is 0 Å². The Morgan fingerprint density at radius 3 is 2.93 bits per heavy atom. The van der Waals surface area contributed by atoms with Crippen LogP contribution in [0.3, 0.4) is 0 Å². The topological polar surface area (TPSA) is 70.8 Å². The van der Waals surface area contributed by atoms with Crippen molar-refractivity contribution in [2.75, 3.05) is 13.9 Å². The number of ether oxygens (including phenoxy) is 3. The number of nitrogens with two attached hydrogens (primary N) is 1. The molecular weight excluding hydrogens is 186 g/mol. The summed E-state index contributed by atoms with van der Waals surface area (Å²) in [5, 5.41) is 0. The van der Waals surface area contributed by atoms with Crippen molar-refractivity contribution in [3.8, 4) is 17.2 Å². The molecule has 0 radical (unpaired) electrons. The van der Waals surface area contributed by atoms with Gasteiger partial charge in [0, 0.05) is 5.56 Å². The second-order valence-electron chi connectivity index (χ2n) is 2.78. The highest BCUT2D eigenvalue weighted by Crippen LogP contribution is 2.41. The van der Waals surface area contributed by atoms with Gasteiger partial charge in [-0.05, 0) is 12.1 Å². The van der Waals surface area contributed by atoms with Crippen LogP contribution in [0.2, 0.25) is 0 Å². The fraction of sp³-hybridized carbons (Fsp3) is 0.222. The third-order valence-electron chi connectivity index (χ3n) is 1.94. The maximum Gasteiger partial charge on any atom is 0.248 e. The van der Waals surface area contributed by atoms with Crippen LogP contribution in [0.25, 0.3) is 0 Å². The lowest BCUT2D eigenvalue weighted by atomic mass is 10.2. The lowest BCUT2D eigenvalue weighted by molar-refractivity contribution is 0.0999. The van der Waals surface area contributed by atoms with Crippen LogP contribution < -0.4 is 19.9 Å². The summed E-state index contributed by atoms with van der Waals surface area (Å²) in [6.07, 6.45) is 0. The number of carbonyl (C=O) groups excluding carboxylic acids is 1. The van der Waals surface area contributed by atoms with Crippen LogP contribution in [0.15, 0.2) is 12.1 Å². The molecule has 1 aromatic carbocycles. The Morgan fingerprint density at radius 1 is 1.50 bits per heavy atom. The van der Waals surface area contributed by atoms with Gasteiger partial charge in [-0.1, -0.05) is 0 Å². The molecule has 1 aliphatic rings. The SMILES string of the molecule is COc1cc(C(N)=O)cc2c1OCO2. The number of fused-ring (bicyclic) bond motifs is 1. The van der Waals surface area contributed by atoms with Gasteiger partial charge in [0.1, 0.15) is 0 Å². The predicted octanol–water partition coefficient (Wildman–Crippen LogP) is 0.523. The molecule has 14 heavy (non-hydrogen) atoms. The minimum Gasteiger partial charge on any atom is -0.493 e. The molecule has 0 unspecified atom stereocenters. The molecule has 74 valence electrons. The number of carbonyl (C=O) groups is 1. The minimum atomic E-state index is -0.526. The molecule has 0 saturated heterocycles. The Balaban J connectivity index is 2.54. The van der Waals surface area contributed by atoms with Crippen molar-refractivity contribution < 1.29 is 19.0 Å². The van der Waals surface area contributed by atoms with Crippen molar-refractivity contribution in [1.82, 2.24) is 0 Å². The van der Waals surface area contributed by atoms with Crippen molar-refractivity contribution in [3.05, 3.63) is 17.7 Å². The molecule has 0 aliphatic carbocycles. The highest BCUT2D eigenvalue weighted by Gasteiger charge is 2.21. The fourth-order valence-electron chi connectivity index (χ4n) is 1.27. The zero-order valence-corrected chi connectivity index (χ0v) is 7.57. The third-order valence-corrected chi connectivity index (χ3v) is 1.94. The Kier molecular flexibility index (Phi) is 1.92. The van der Waals surface area contributed by atoms with Crippen LogP contribution in [0.4, 0.5) is 0 Å². The van der Waals surface area contributed by atoms with E-state index in [-0.39, 0.29) is 6.79 Å². The Hall–Kier alpha value is -1.91. The average Bonchev–Trinajstić information content (AvgIpc) is 2.63. The second-order valence-corrected chi connectivity index (χ2v) is 2.78. The molecule has 1 aromatic rings. The molecule has 0 aromatic heterocycles. The van der Waals surface area contributed by atoms with Gasteiger partial charge in [0.25, 0.3) is 0 Å². The maximum atomic E-state index is 10.9. The van der Waals surface area contributed by atoms with Gasteiger partial charge in [-0.15, -0.1) is 0 Å². The van der Waals surface area contributed by atoms with Crippen LogP contribution in [0.1, 0.15) is 10.4 Å². The zero-order chi connectivity index (χ0) is 10.1. The van der Waals surface area contributed by atoms with E-state index in [0.29, 0.717) is 22.8 Å². The number of hydrogen-bond acceptors (Lipinski definition) is 4. The fourth-order valence-corrected chi connectivity index (χ4v) is 1.27. The largest absolute Gasteiger partial charge is 0.493 e. The molecule has 2 N–H and O–H groups in total. The van der Waals surface area contributed by atoms with Crippen LogP contribution in [0, 0.1) is 0 Å². The lowest BCUT2D eigenvalue weighted by Crippen LogP contribution is -2.10.